The van der Waals surface area contributed by atoms with E-state index in [2.05, 4.69) is 0 Å². The van der Waals surface area contributed by atoms with Crippen LogP contribution in [0.15, 0.2) is 57.7 Å². The lowest BCUT2D eigenvalue weighted by Crippen LogP contribution is -2.08. The molecule has 0 atom stereocenters. The molecule has 2 aromatic carbocycles. The van der Waals surface area contributed by atoms with E-state index >= 15 is 0 Å². The van der Waals surface area contributed by atoms with E-state index in [9.17, 15) is 14.0 Å². The van der Waals surface area contributed by atoms with Gasteiger partial charge in [0.25, 0.3) is 0 Å². The summed E-state index contributed by atoms with van der Waals surface area (Å²) >= 11 is 0. The van der Waals surface area contributed by atoms with Gasteiger partial charge in [-0.05, 0) is 42.3 Å². The highest BCUT2D eigenvalue weighted by Crippen LogP contribution is 2.20. The molecule has 0 N–H and O–H groups in total. The SMILES string of the molecule is CCc1ccc2c(COC(=O)c3ccc(F)cc3)cc(=O)oc2c1. The first-order valence-electron chi connectivity index (χ1n) is 7.55. The van der Waals surface area contributed by atoms with Crippen LogP contribution in [0, 0.1) is 5.82 Å². The Morgan fingerprint density at radius 3 is 2.58 bits per heavy atom. The molecule has 0 saturated heterocycles. The number of halogens is 1. The van der Waals surface area contributed by atoms with Gasteiger partial charge in [0, 0.05) is 17.0 Å². The molecule has 122 valence electrons. The van der Waals surface area contributed by atoms with Crippen LogP contribution >= 0.6 is 0 Å². The minimum absolute atomic E-state index is 0.0657. The quantitative estimate of drug-likeness (QED) is 0.540. The van der Waals surface area contributed by atoms with Crippen LogP contribution in [0.4, 0.5) is 4.39 Å². The highest BCUT2D eigenvalue weighted by molar-refractivity contribution is 5.89. The van der Waals surface area contributed by atoms with Crippen molar-refractivity contribution in [3.63, 3.8) is 0 Å². The largest absolute Gasteiger partial charge is 0.457 e. The molecule has 0 bridgehead atoms. The van der Waals surface area contributed by atoms with E-state index in [1.807, 2.05) is 25.1 Å². The number of rotatable bonds is 4. The normalized spacial score (nSPS) is 10.8. The van der Waals surface area contributed by atoms with Gasteiger partial charge in [0.15, 0.2) is 0 Å². The molecule has 3 rings (SSSR count). The lowest BCUT2D eigenvalue weighted by molar-refractivity contribution is 0.0474. The molecule has 0 unspecified atom stereocenters. The van der Waals surface area contributed by atoms with Gasteiger partial charge < -0.3 is 9.15 Å². The topological polar surface area (TPSA) is 56.5 Å². The molecule has 0 radical (unpaired) electrons. The number of carbonyl (C=O) groups is 1. The van der Waals surface area contributed by atoms with Crippen molar-refractivity contribution < 1.29 is 18.3 Å². The van der Waals surface area contributed by atoms with Crippen LogP contribution in [0.5, 0.6) is 0 Å². The van der Waals surface area contributed by atoms with Crippen molar-refractivity contribution in [1.29, 1.82) is 0 Å². The molecule has 1 aromatic heterocycles. The zero-order valence-electron chi connectivity index (χ0n) is 13.0. The molecule has 4 nitrogen and oxygen atoms in total. The van der Waals surface area contributed by atoms with Gasteiger partial charge >= 0.3 is 11.6 Å². The summed E-state index contributed by atoms with van der Waals surface area (Å²) < 4.78 is 23.3. The van der Waals surface area contributed by atoms with Gasteiger partial charge in [-0.15, -0.1) is 0 Å². The van der Waals surface area contributed by atoms with Crippen molar-refractivity contribution in [1.82, 2.24) is 0 Å². The van der Waals surface area contributed by atoms with Gasteiger partial charge in [-0.3, -0.25) is 0 Å². The van der Waals surface area contributed by atoms with Crippen molar-refractivity contribution in [2.75, 3.05) is 0 Å². The molecule has 0 aliphatic rings. The van der Waals surface area contributed by atoms with E-state index in [1.54, 1.807) is 0 Å². The van der Waals surface area contributed by atoms with Crippen molar-refractivity contribution in [3.05, 3.63) is 81.5 Å². The van der Waals surface area contributed by atoms with E-state index in [4.69, 9.17) is 9.15 Å². The summed E-state index contributed by atoms with van der Waals surface area (Å²) in [7, 11) is 0. The maximum absolute atomic E-state index is 12.9. The fourth-order valence-corrected chi connectivity index (χ4v) is 2.43. The van der Waals surface area contributed by atoms with Crippen molar-refractivity contribution >= 4 is 16.9 Å². The molecular weight excluding hydrogens is 311 g/mol. The lowest BCUT2D eigenvalue weighted by Gasteiger charge is -2.08. The van der Waals surface area contributed by atoms with Crippen LogP contribution in [-0.4, -0.2) is 5.97 Å². The van der Waals surface area contributed by atoms with E-state index < -0.39 is 17.4 Å². The molecule has 5 heteroatoms. The highest BCUT2D eigenvalue weighted by Gasteiger charge is 2.11. The maximum atomic E-state index is 12.9. The minimum Gasteiger partial charge on any atom is -0.457 e. The molecule has 0 amide bonds. The van der Waals surface area contributed by atoms with E-state index in [1.165, 1.54) is 30.3 Å². The summed E-state index contributed by atoms with van der Waals surface area (Å²) in [5.41, 5.74) is 1.83. The molecule has 24 heavy (non-hydrogen) atoms. The third kappa shape index (κ3) is 3.35. The van der Waals surface area contributed by atoms with Gasteiger partial charge in [-0.25, -0.2) is 14.0 Å². The van der Waals surface area contributed by atoms with Crippen LogP contribution in [0.1, 0.15) is 28.4 Å². The predicted molar refractivity (Wildman–Crippen MR) is 87.4 cm³/mol. The van der Waals surface area contributed by atoms with Crippen LogP contribution in [-0.2, 0) is 17.8 Å². The minimum atomic E-state index is -0.582. The summed E-state index contributed by atoms with van der Waals surface area (Å²) in [4.78, 5) is 23.7. The Balaban J connectivity index is 1.85. The lowest BCUT2D eigenvalue weighted by atomic mass is 10.1. The average Bonchev–Trinajstić information content (AvgIpc) is 2.59. The highest BCUT2D eigenvalue weighted by atomic mass is 19.1. The molecule has 0 spiro atoms. The first-order chi connectivity index (χ1) is 11.6. The number of fused-ring (bicyclic) bond motifs is 1. The van der Waals surface area contributed by atoms with Gasteiger partial charge in [0.05, 0.1) is 5.56 Å². The zero-order chi connectivity index (χ0) is 17.1. The summed E-state index contributed by atoms with van der Waals surface area (Å²) in [5, 5.41) is 0.721. The summed E-state index contributed by atoms with van der Waals surface area (Å²) in [6.45, 7) is 1.94. The molecule has 1 heterocycles. The number of hydrogen-bond acceptors (Lipinski definition) is 4. The number of aryl methyl sites for hydroxylation is 1. The summed E-state index contributed by atoms with van der Waals surface area (Å²) in [6.07, 6.45) is 0.823. The van der Waals surface area contributed by atoms with Crippen LogP contribution in [0.2, 0.25) is 0 Å². The number of benzene rings is 2. The Hall–Kier alpha value is -2.95. The molecular formula is C19H15FO4. The van der Waals surface area contributed by atoms with Gasteiger partial charge in [0.2, 0.25) is 0 Å². The van der Waals surface area contributed by atoms with E-state index in [0.29, 0.717) is 11.1 Å². The van der Waals surface area contributed by atoms with Crippen molar-refractivity contribution in [2.24, 2.45) is 0 Å². The fraction of sp³-hybridized carbons (Fsp3) is 0.158. The van der Waals surface area contributed by atoms with Crippen LogP contribution in [0.25, 0.3) is 11.0 Å². The zero-order valence-corrected chi connectivity index (χ0v) is 13.0. The Kier molecular flexibility index (Phi) is 4.42. The number of hydrogen-bond donors (Lipinski definition) is 0. The average molecular weight is 326 g/mol. The van der Waals surface area contributed by atoms with Crippen LogP contribution in [0.3, 0.4) is 0 Å². The van der Waals surface area contributed by atoms with Gasteiger partial charge in [-0.2, -0.15) is 0 Å². The van der Waals surface area contributed by atoms with Crippen molar-refractivity contribution in [3.8, 4) is 0 Å². The molecule has 0 aliphatic heterocycles. The third-order valence-corrected chi connectivity index (χ3v) is 3.74. The number of esters is 1. The standard InChI is InChI=1S/C19H15FO4/c1-2-12-3-8-16-14(10-18(21)24-17(16)9-12)11-23-19(22)13-4-6-15(20)7-5-13/h3-10H,2,11H2,1H3. The molecule has 0 saturated carbocycles. The van der Waals surface area contributed by atoms with Crippen molar-refractivity contribution in [2.45, 2.75) is 20.0 Å². The molecule has 0 aliphatic carbocycles. The number of ether oxygens (including phenoxy) is 1. The molecule has 3 aromatic rings. The second-order valence-electron chi connectivity index (χ2n) is 5.36. The predicted octanol–water partition coefficient (Wildman–Crippen LogP) is 3.85. The first-order valence-corrected chi connectivity index (χ1v) is 7.55. The fourth-order valence-electron chi connectivity index (χ4n) is 2.43. The third-order valence-electron chi connectivity index (χ3n) is 3.74. The Bertz CT molecular complexity index is 942. The smallest absolute Gasteiger partial charge is 0.338 e. The van der Waals surface area contributed by atoms with Gasteiger partial charge in [-0.1, -0.05) is 19.1 Å². The second kappa shape index (κ2) is 6.66. The Morgan fingerprint density at radius 2 is 1.88 bits per heavy atom. The summed E-state index contributed by atoms with van der Waals surface area (Å²) in [5.74, 6) is -1.01. The van der Waals surface area contributed by atoms with E-state index in [0.717, 1.165) is 17.4 Å². The summed E-state index contributed by atoms with van der Waals surface area (Å²) in [6, 6.07) is 12.0. The van der Waals surface area contributed by atoms with Crippen LogP contribution < -0.4 is 5.63 Å². The number of carbonyl (C=O) groups excluding carboxylic acids is 1. The molecule has 0 fully saturated rings. The van der Waals surface area contributed by atoms with E-state index in [-0.39, 0.29) is 12.2 Å². The Morgan fingerprint density at radius 1 is 1.12 bits per heavy atom. The Labute approximate surface area is 137 Å². The first kappa shape index (κ1) is 15.9. The van der Waals surface area contributed by atoms with Gasteiger partial charge in [0.1, 0.15) is 18.0 Å². The monoisotopic (exact) mass is 326 g/mol. The maximum Gasteiger partial charge on any atom is 0.338 e. The second-order valence-corrected chi connectivity index (χ2v) is 5.36.